The van der Waals surface area contributed by atoms with Crippen molar-refractivity contribution >= 4 is 12.1 Å². The molecule has 7 heteroatoms. The average molecular weight is 366 g/mol. The van der Waals surface area contributed by atoms with Crippen LogP contribution in [0.3, 0.4) is 0 Å². The lowest BCUT2D eigenvalue weighted by molar-refractivity contribution is -0.306. The van der Waals surface area contributed by atoms with Crippen molar-refractivity contribution in [1.82, 2.24) is 5.32 Å². The third-order valence-corrected chi connectivity index (χ3v) is 3.31. The lowest BCUT2D eigenvalue weighted by Crippen LogP contribution is -2.37. The number of hydrogen-bond acceptors (Lipinski definition) is 6. The maximum Gasteiger partial charge on any atom is 0.408 e. The molecule has 1 rings (SSSR count). The average Bonchev–Trinajstić information content (AvgIpc) is 2.52. The molecule has 0 aliphatic heterocycles. The number of carbonyl (C=O) groups excluding carboxylic acids is 2. The van der Waals surface area contributed by atoms with Gasteiger partial charge in [0.1, 0.15) is 5.60 Å². The fraction of sp³-hybridized carbons (Fsp3) is 0.579. The van der Waals surface area contributed by atoms with Gasteiger partial charge in [0.05, 0.1) is 6.04 Å². The number of alkyl carbamates (subject to hydrolysis) is 1. The molecule has 0 aliphatic rings. The van der Waals surface area contributed by atoms with Crippen LogP contribution in [0.1, 0.15) is 64.5 Å². The second kappa shape index (κ2) is 10.1. The Morgan fingerprint density at radius 2 is 1.54 bits per heavy atom. The molecule has 0 heterocycles. The minimum absolute atomic E-state index is 0.362. The molecule has 0 fully saturated rings. The second-order valence-electron chi connectivity index (χ2n) is 6.68. The van der Waals surface area contributed by atoms with Crippen LogP contribution in [-0.4, -0.2) is 30.9 Å². The molecular formula is C19H28NO6-. The summed E-state index contributed by atoms with van der Waals surface area (Å²) in [7, 11) is 0. The van der Waals surface area contributed by atoms with Gasteiger partial charge in [-0.3, -0.25) is 0 Å². The first-order valence-corrected chi connectivity index (χ1v) is 8.68. The van der Waals surface area contributed by atoms with Crippen LogP contribution in [0.15, 0.2) is 24.3 Å². The fourth-order valence-electron chi connectivity index (χ4n) is 2.30. The van der Waals surface area contributed by atoms with E-state index in [0.29, 0.717) is 18.8 Å². The third kappa shape index (κ3) is 7.84. The number of carboxylic acid groups (broad SMARTS) is 1. The summed E-state index contributed by atoms with van der Waals surface area (Å²) in [4.78, 5) is 23.0. The SMILES string of the molecule is CCOC(OCC)c1ccc([C@@H](CC(=O)[O-])NC(=O)OC(C)(C)C)cc1. The molecule has 0 spiro atoms. The summed E-state index contributed by atoms with van der Waals surface area (Å²) in [6.07, 6.45) is -1.54. The number of carboxylic acids is 1. The van der Waals surface area contributed by atoms with Gasteiger partial charge in [-0.15, -0.1) is 0 Å². The smallest absolute Gasteiger partial charge is 0.408 e. The lowest BCUT2D eigenvalue weighted by atomic mass is 10.0. The van der Waals surface area contributed by atoms with Crippen LogP contribution in [0.4, 0.5) is 4.79 Å². The van der Waals surface area contributed by atoms with Crippen molar-refractivity contribution in [3.63, 3.8) is 0 Å². The highest BCUT2D eigenvalue weighted by molar-refractivity contribution is 5.71. The molecule has 1 aromatic carbocycles. The first-order chi connectivity index (χ1) is 12.2. The summed E-state index contributed by atoms with van der Waals surface area (Å²) >= 11 is 0. The predicted octanol–water partition coefficient (Wildman–Crippen LogP) is 2.46. The lowest BCUT2D eigenvalue weighted by Gasteiger charge is -2.24. The highest BCUT2D eigenvalue weighted by atomic mass is 16.7. The first kappa shape index (κ1) is 21.9. The van der Waals surface area contributed by atoms with Crippen molar-refractivity contribution in [2.24, 2.45) is 0 Å². The number of hydrogen-bond donors (Lipinski definition) is 1. The molecule has 1 amide bonds. The Balaban J connectivity index is 2.93. The van der Waals surface area contributed by atoms with Gasteiger partial charge in [0, 0.05) is 31.2 Å². The standard InChI is InChI=1S/C19H29NO6/c1-6-24-17(25-7-2)14-10-8-13(9-11-14)15(12-16(21)22)20-18(23)26-19(3,4)5/h8-11,15,17H,6-7,12H2,1-5H3,(H,20,23)(H,21,22)/p-1/t15-/m1/s1. The fourth-order valence-corrected chi connectivity index (χ4v) is 2.30. The van der Waals surface area contributed by atoms with E-state index in [0.717, 1.165) is 5.56 Å². The van der Waals surface area contributed by atoms with E-state index in [1.165, 1.54) is 0 Å². The Morgan fingerprint density at radius 1 is 1.04 bits per heavy atom. The summed E-state index contributed by atoms with van der Waals surface area (Å²) in [5.41, 5.74) is 0.750. The van der Waals surface area contributed by atoms with Gasteiger partial charge in [-0.25, -0.2) is 4.79 Å². The Morgan fingerprint density at radius 3 is 1.96 bits per heavy atom. The first-order valence-electron chi connectivity index (χ1n) is 8.68. The van der Waals surface area contributed by atoms with E-state index in [1.807, 2.05) is 13.8 Å². The Bertz CT molecular complexity index is 573. The van der Waals surface area contributed by atoms with Crippen molar-refractivity contribution in [3.05, 3.63) is 35.4 Å². The van der Waals surface area contributed by atoms with E-state index in [1.54, 1.807) is 45.0 Å². The number of ether oxygens (including phenoxy) is 3. The van der Waals surface area contributed by atoms with E-state index in [2.05, 4.69) is 5.32 Å². The molecule has 26 heavy (non-hydrogen) atoms. The number of amides is 1. The van der Waals surface area contributed by atoms with Gasteiger partial charge in [0.25, 0.3) is 0 Å². The number of aliphatic carboxylic acids is 1. The molecule has 1 N–H and O–H groups in total. The molecule has 1 atom stereocenters. The molecule has 0 aromatic heterocycles. The van der Waals surface area contributed by atoms with Crippen molar-refractivity contribution in [3.8, 4) is 0 Å². The van der Waals surface area contributed by atoms with E-state index in [-0.39, 0.29) is 6.42 Å². The highest BCUT2D eigenvalue weighted by Gasteiger charge is 2.21. The summed E-state index contributed by atoms with van der Waals surface area (Å²) in [5.74, 6) is -1.27. The highest BCUT2D eigenvalue weighted by Crippen LogP contribution is 2.23. The van der Waals surface area contributed by atoms with Gasteiger partial charge in [0.2, 0.25) is 0 Å². The van der Waals surface area contributed by atoms with Crippen LogP contribution in [0.25, 0.3) is 0 Å². The van der Waals surface area contributed by atoms with Crippen LogP contribution >= 0.6 is 0 Å². The molecule has 0 saturated heterocycles. The van der Waals surface area contributed by atoms with Crippen molar-refractivity contribution in [2.75, 3.05) is 13.2 Å². The zero-order valence-electron chi connectivity index (χ0n) is 16.0. The minimum atomic E-state index is -1.27. The molecule has 146 valence electrons. The normalized spacial score (nSPS) is 12.7. The molecule has 7 nitrogen and oxygen atoms in total. The number of benzene rings is 1. The number of nitrogens with one attached hydrogen (secondary N) is 1. The zero-order chi connectivity index (χ0) is 19.7. The third-order valence-electron chi connectivity index (χ3n) is 3.31. The maximum atomic E-state index is 12.0. The summed E-state index contributed by atoms with van der Waals surface area (Å²) < 4.78 is 16.3. The van der Waals surface area contributed by atoms with E-state index < -0.39 is 30.0 Å². The number of carbonyl (C=O) groups is 2. The van der Waals surface area contributed by atoms with Crippen LogP contribution in [0.2, 0.25) is 0 Å². The maximum absolute atomic E-state index is 12.0. The van der Waals surface area contributed by atoms with Gasteiger partial charge in [-0.05, 0) is 40.2 Å². The molecule has 1 aromatic rings. The molecule has 0 bridgehead atoms. The van der Waals surface area contributed by atoms with Crippen LogP contribution in [-0.2, 0) is 19.0 Å². The monoisotopic (exact) mass is 366 g/mol. The van der Waals surface area contributed by atoms with Gasteiger partial charge in [0.15, 0.2) is 6.29 Å². The molecular weight excluding hydrogens is 338 g/mol. The molecule has 0 aliphatic carbocycles. The van der Waals surface area contributed by atoms with Gasteiger partial charge < -0.3 is 29.4 Å². The van der Waals surface area contributed by atoms with E-state index in [4.69, 9.17) is 14.2 Å². The van der Waals surface area contributed by atoms with Crippen molar-refractivity contribution in [2.45, 2.75) is 59.0 Å². The van der Waals surface area contributed by atoms with Gasteiger partial charge in [-0.2, -0.15) is 0 Å². The Kier molecular flexibility index (Phi) is 8.54. The Labute approximate surface area is 154 Å². The van der Waals surface area contributed by atoms with Gasteiger partial charge in [-0.1, -0.05) is 24.3 Å². The zero-order valence-corrected chi connectivity index (χ0v) is 16.0. The van der Waals surface area contributed by atoms with E-state index in [9.17, 15) is 14.7 Å². The number of rotatable bonds is 9. The summed E-state index contributed by atoms with van der Waals surface area (Å²) in [5, 5.41) is 13.6. The van der Waals surface area contributed by atoms with Crippen LogP contribution in [0, 0.1) is 0 Å². The van der Waals surface area contributed by atoms with Gasteiger partial charge >= 0.3 is 6.09 Å². The van der Waals surface area contributed by atoms with E-state index >= 15 is 0 Å². The summed E-state index contributed by atoms with van der Waals surface area (Å²) in [6.45, 7) is 9.95. The van der Waals surface area contributed by atoms with Crippen molar-refractivity contribution in [1.29, 1.82) is 0 Å². The molecule has 0 radical (unpaired) electrons. The van der Waals surface area contributed by atoms with Crippen LogP contribution in [0.5, 0.6) is 0 Å². The quantitative estimate of drug-likeness (QED) is 0.674. The van der Waals surface area contributed by atoms with Crippen molar-refractivity contribution < 1.29 is 28.9 Å². The molecule has 0 saturated carbocycles. The topological polar surface area (TPSA) is 96.9 Å². The largest absolute Gasteiger partial charge is 0.550 e. The van der Waals surface area contributed by atoms with Crippen LogP contribution < -0.4 is 10.4 Å². The molecule has 0 unspecified atom stereocenters. The second-order valence-corrected chi connectivity index (χ2v) is 6.68. The predicted molar refractivity (Wildman–Crippen MR) is 94.2 cm³/mol. The Hall–Kier alpha value is -2.12. The summed E-state index contributed by atoms with van der Waals surface area (Å²) in [6, 6.07) is 6.26. The minimum Gasteiger partial charge on any atom is -0.550 e.